The van der Waals surface area contributed by atoms with Gasteiger partial charge in [-0.05, 0) is 50.2 Å². The summed E-state index contributed by atoms with van der Waals surface area (Å²) in [4.78, 5) is 0. The molecule has 2 aliphatic carbocycles. The Bertz CT molecular complexity index is 450. The fourth-order valence-electron chi connectivity index (χ4n) is 2.60. The van der Waals surface area contributed by atoms with Gasteiger partial charge in [0.05, 0.1) is 11.6 Å². The number of benzene rings is 1. The SMILES string of the molecule is CC(N)C1(c2cccc(OCC3CC3)c2Cl)CC1. The van der Waals surface area contributed by atoms with Gasteiger partial charge < -0.3 is 10.5 Å². The van der Waals surface area contributed by atoms with Gasteiger partial charge in [-0.15, -0.1) is 0 Å². The molecule has 3 rings (SSSR count). The summed E-state index contributed by atoms with van der Waals surface area (Å²) in [5, 5.41) is 0.771. The lowest BCUT2D eigenvalue weighted by atomic mass is 9.89. The summed E-state index contributed by atoms with van der Waals surface area (Å²) in [7, 11) is 0. The van der Waals surface area contributed by atoms with Crippen molar-refractivity contribution in [2.24, 2.45) is 11.7 Å². The molecular weight excluding hydrogens is 246 g/mol. The van der Waals surface area contributed by atoms with E-state index >= 15 is 0 Å². The van der Waals surface area contributed by atoms with Gasteiger partial charge in [-0.25, -0.2) is 0 Å². The van der Waals surface area contributed by atoms with Crippen LogP contribution in [0.25, 0.3) is 0 Å². The molecule has 0 spiro atoms. The molecular formula is C15H20ClNO. The minimum Gasteiger partial charge on any atom is -0.492 e. The molecule has 0 aromatic heterocycles. The Morgan fingerprint density at radius 2 is 2.17 bits per heavy atom. The van der Waals surface area contributed by atoms with Crippen LogP contribution in [0.2, 0.25) is 5.02 Å². The lowest BCUT2D eigenvalue weighted by Gasteiger charge is -2.22. The van der Waals surface area contributed by atoms with E-state index in [-0.39, 0.29) is 11.5 Å². The van der Waals surface area contributed by atoms with Crippen molar-refractivity contribution in [3.05, 3.63) is 28.8 Å². The number of hydrogen-bond donors (Lipinski definition) is 1. The van der Waals surface area contributed by atoms with Crippen molar-refractivity contribution >= 4 is 11.6 Å². The van der Waals surface area contributed by atoms with Crippen LogP contribution in [0.5, 0.6) is 5.75 Å². The van der Waals surface area contributed by atoms with Gasteiger partial charge >= 0.3 is 0 Å². The molecule has 1 aromatic rings. The van der Waals surface area contributed by atoms with Crippen LogP contribution in [0.3, 0.4) is 0 Å². The van der Waals surface area contributed by atoms with E-state index in [2.05, 4.69) is 13.0 Å². The number of nitrogens with two attached hydrogens (primary N) is 1. The van der Waals surface area contributed by atoms with E-state index < -0.39 is 0 Å². The Morgan fingerprint density at radius 3 is 2.72 bits per heavy atom. The van der Waals surface area contributed by atoms with Gasteiger partial charge in [0.2, 0.25) is 0 Å². The van der Waals surface area contributed by atoms with Crippen molar-refractivity contribution in [2.45, 2.75) is 44.1 Å². The van der Waals surface area contributed by atoms with E-state index in [0.29, 0.717) is 0 Å². The fraction of sp³-hybridized carbons (Fsp3) is 0.600. The zero-order chi connectivity index (χ0) is 12.8. The normalized spacial score (nSPS) is 22.6. The monoisotopic (exact) mass is 265 g/mol. The average Bonchev–Trinajstić information content (AvgIpc) is 3.22. The van der Waals surface area contributed by atoms with Gasteiger partial charge in [0, 0.05) is 11.5 Å². The average molecular weight is 266 g/mol. The van der Waals surface area contributed by atoms with Crippen molar-refractivity contribution in [3.63, 3.8) is 0 Å². The van der Waals surface area contributed by atoms with Gasteiger partial charge in [0.25, 0.3) is 0 Å². The molecule has 2 nitrogen and oxygen atoms in total. The summed E-state index contributed by atoms with van der Waals surface area (Å²) in [6.07, 6.45) is 4.86. The molecule has 3 heteroatoms. The predicted molar refractivity (Wildman–Crippen MR) is 74.2 cm³/mol. The number of ether oxygens (including phenoxy) is 1. The van der Waals surface area contributed by atoms with Crippen LogP contribution in [0.4, 0.5) is 0 Å². The smallest absolute Gasteiger partial charge is 0.138 e. The van der Waals surface area contributed by atoms with Crippen LogP contribution in [0.15, 0.2) is 18.2 Å². The number of rotatable bonds is 5. The van der Waals surface area contributed by atoms with E-state index in [1.165, 1.54) is 18.4 Å². The number of hydrogen-bond acceptors (Lipinski definition) is 2. The van der Waals surface area contributed by atoms with Crippen molar-refractivity contribution in [1.29, 1.82) is 0 Å². The van der Waals surface area contributed by atoms with Gasteiger partial charge in [0.1, 0.15) is 5.75 Å². The first-order valence-electron chi connectivity index (χ1n) is 6.81. The Labute approximate surface area is 113 Å². The summed E-state index contributed by atoms with van der Waals surface area (Å²) in [5.74, 6) is 1.57. The maximum atomic E-state index is 6.50. The maximum Gasteiger partial charge on any atom is 0.138 e. The van der Waals surface area contributed by atoms with Crippen LogP contribution >= 0.6 is 11.6 Å². The third-order valence-corrected chi connectivity index (χ3v) is 4.72. The predicted octanol–water partition coefficient (Wildman–Crippen LogP) is 3.51. The van der Waals surface area contributed by atoms with E-state index in [9.17, 15) is 0 Å². The lowest BCUT2D eigenvalue weighted by molar-refractivity contribution is 0.299. The fourth-order valence-corrected chi connectivity index (χ4v) is 2.97. The zero-order valence-electron chi connectivity index (χ0n) is 10.8. The van der Waals surface area contributed by atoms with E-state index in [0.717, 1.165) is 36.1 Å². The molecule has 1 atom stereocenters. The molecule has 0 bridgehead atoms. The molecule has 0 radical (unpaired) electrons. The highest BCUT2D eigenvalue weighted by Gasteiger charge is 2.48. The molecule has 2 fully saturated rings. The van der Waals surface area contributed by atoms with Crippen molar-refractivity contribution in [1.82, 2.24) is 0 Å². The highest BCUT2D eigenvalue weighted by molar-refractivity contribution is 6.33. The molecule has 2 saturated carbocycles. The van der Waals surface area contributed by atoms with E-state index in [1.54, 1.807) is 0 Å². The zero-order valence-corrected chi connectivity index (χ0v) is 11.5. The van der Waals surface area contributed by atoms with Gasteiger partial charge in [-0.3, -0.25) is 0 Å². The van der Waals surface area contributed by atoms with Crippen LogP contribution in [0, 0.1) is 5.92 Å². The first-order valence-corrected chi connectivity index (χ1v) is 7.18. The first-order chi connectivity index (χ1) is 8.63. The maximum absolute atomic E-state index is 6.50. The third-order valence-electron chi connectivity index (χ3n) is 4.33. The molecule has 1 unspecified atom stereocenters. The molecule has 18 heavy (non-hydrogen) atoms. The largest absolute Gasteiger partial charge is 0.492 e. The third kappa shape index (κ3) is 2.12. The minimum atomic E-state index is 0.0933. The Balaban J connectivity index is 1.84. The molecule has 1 aromatic carbocycles. The topological polar surface area (TPSA) is 35.2 Å². The molecule has 2 N–H and O–H groups in total. The summed E-state index contributed by atoms with van der Waals surface area (Å²) >= 11 is 6.50. The molecule has 0 aliphatic heterocycles. The molecule has 0 heterocycles. The van der Waals surface area contributed by atoms with E-state index in [4.69, 9.17) is 22.1 Å². The van der Waals surface area contributed by atoms with Crippen molar-refractivity contribution in [2.75, 3.05) is 6.61 Å². The van der Waals surface area contributed by atoms with E-state index in [1.807, 2.05) is 12.1 Å². The Kier molecular flexibility index (Phi) is 3.03. The van der Waals surface area contributed by atoms with Crippen LogP contribution in [-0.4, -0.2) is 12.6 Å². The van der Waals surface area contributed by atoms with Crippen LogP contribution in [-0.2, 0) is 5.41 Å². The van der Waals surface area contributed by atoms with Crippen molar-refractivity contribution in [3.8, 4) is 5.75 Å². The highest BCUT2D eigenvalue weighted by atomic mass is 35.5. The second kappa shape index (κ2) is 4.43. The summed E-state index contributed by atoms with van der Waals surface area (Å²) < 4.78 is 5.83. The van der Waals surface area contributed by atoms with Crippen LogP contribution in [0.1, 0.15) is 38.2 Å². The lowest BCUT2D eigenvalue weighted by Crippen LogP contribution is -2.31. The van der Waals surface area contributed by atoms with Gasteiger partial charge in [0.15, 0.2) is 0 Å². The standard InChI is InChI=1S/C15H20ClNO/c1-10(17)15(7-8-15)12-3-2-4-13(14(12)16)18-9-11-5-6-11/h2-4,10-11H,5-9,17H2,1H3. The summed E-state index contributed by atoms with van der Waals surface area (Å²) in [6.45, 7) is 2.87. The molecule has 2 aliphatic rings. The summed E-state index contributed by atoms with van der Waals surface area (Å²) in [6, 6.07) is 6.24. The Morgan fingerprint density at radius 1 is 1.44 bits per heavy atom. The molecule has 0 amide bonds. The molecule has 0 saturated heterocycles. The molecule has 98 valence electrons. The quantitative estimate of drug-likeness (QED) is 0.884. The second-order valence-electron chi connectivity index (χ2n) is 5.82. The highest BCUT2D eigenvalue weighted by Crippen LogP contribution is 2.53. The number of halogens is 1. The summed E-state index contributed by atoms with van der Waals surface area (Å²) in [5.41, 5.74) is 7.38. The van der Waals surface area contributed by atoms with Crippen molar-refractivity contribution < 1.29 is 4.74 Å². The van der Waals surface area contributed by atoms with Crippen LogP contribution < -0.4 is 10.5 Å². The van der Waals surface area contributed by atoms with Gasteiger partial charge in [-0.2, -0.15) is 0 Å². The van der Waals surface area contributed by atoms with Gasteiger partial charge in [-0.1, -0.05) is 23.7 Å². The second-order valence-corrected chi connectivity index (χ2v) is 6.19. The Hall–Kier alpha value is -0.730. The minimum absolute atomic E-state index is 0.0933. The first kappa shape index (κ1) is 12.3.